The number of rotatable bonds is 4. The number of hydrogen-bond donors (Lipinski definition) is 0. The number of benzene rings is 11. The summed E-state index contributed by atoms with van der Waals surface area (Å²) in [6, 6.07) is 72.8. The summed E-state index contributed by atoms with van der Waals surface area (Å²) < 4.78 is 14.3. The van der Waals surface area contributed by atoms with Crippen LogP contribution in [0.4, 0.5) is 17.1 Å². The molecule has 64 heavy (non-hydrogen) atoms. The van der Waals surface area contributed by atoms with Crippen LogP contribution >= 0.6 is 0 Å². The number of para-hydroxylation sites is 3. The second-order valence-corrected chi connectivity index (χ2v) is 17.9. The van der Waals surface area contributed by atoms with Gasteiger partial charge in [0.05, 0.1) is 11.4 Å². The maximum absolute atomic E-state index is 7.45. The van der Waals surface area contributed by atoms with Crippen molar-refractivity contribution in [1.29, 1.82) is 0 Å². The minimum Gasteiger partial charge on any atom is -0.454 e. The summed E-state index contributed by atoms with van der Waals surface area (Å²) in [6.07, 6.45) is 0. The quantitative estimate of drug-likeness (QED) is 0.166. The van der Waals surface area contributed by atoms with Gasteiger partial charge in [-0.15, -0.1) is 0 Å². The second-order valence-electron chi connectivity index (χ2n) is 17.9. The summed E-state index contributed by atoms with van der Waals surface area (Å²) in [6.45, 7) is 4.69. The lowest BCUT2D eigenvalue weighted by Crippen LogP contribution is -2.16. The van der Waals surface area contributed by atoms with Gasteiger partial charge in [0.2, 0.25) is 0 Å². The van der Waals surface area contributed by atoms with Crippen LogP contribution in [0.3, 0.4) is 0 Å². The lowest BCUT2D eigenvalue weighted by atomic mass is 9.82. The highest BCUT2D eigenvalue weighted by Gasteiger charge is 2.36. The Morgan fingerprint density at radius 2 is 0.922 bits per heavy atom. The van der Waals surface area contributed by atoms with E-state index in [1.165, 1.54) is 60.0 Å². The molecule has 0 unspecified atom stereocenters. The van der Waals surface area contributed by atoms with E-state index in [-0.39, 0.29) is 5.41 Å². The van der Waals surface area contributed by atoms with Crippen molar-refractivity contribution in [2.24, 2.45) is 0 Å². The number of nitrogens with zero attached hydrogens (tertiary/aromatic N) is 1. The number of anilines is 3. The van der Waals surface area contributed by atoms with Crippen molar-refractivity contribution >= 4 is 104 Å². The van der Waals surface area contributed by atoms with Crippen molar-refractivity contribution in [2.45, 2.75) is 19.3 Å². The largest absolute Gasteiger partial charge is 0.454 e. The summed E-state index contributed by atoms with van der Waals surface area (Å²) in [5, 5.41) is 14.2. The van der Waals surface area contributed by atoms with Gasteiger partial charge in [-0.05, 0) is 113 Å². The second kappa shape index (κ2) is 12.9. The highest BCUT2D eigenvalue weighted by Crippen LogP contribution is 2.53. The van der Waals surface area contributed by atoms with Crippen molar-refractivity contribution < 1.29 is 8.83 Å². The van der Waals surface area contributed by atoms with Crippen LogP contribution in [0.15, 0.2) is 209 Å². The number of hydrogen-bond acceptors (Lipinski definition) is 3. The molecule has 1 aliphatic carbocycles. The van der Waals surface area contributed by atoms with E-state index in [4.69, 9.17) is 8.83 Å². The maximum Gasteiger partial charge on any atom is 0.159 e. The minimum absolute atomic E-state index is 0.184. The van der Waals surface area contributed by atoms with E-state index in [0.29, 0.717) is 0 Å². The molecule has 0 saturated heterocycles. The average Bonchev–Trinajstić information content (AvgIpc) is 3.99. The van der Waals surface area contributed by atoms with Crippen molar-refractivity contribution in [3.05, 3.63) is 211 Å². The third-order valence-electron chi connectivity index (χ3n) is 14.2. The Balaban J connectivity index is 1.06. The Bertz CT molecular complexity index is 4090. The topological polar surface area (TPSA) is 29.5 Å². The summed E-state index contributed by atoms with van der Waals surface area (Å²) in [5.74, 6) is 0. The molecule has 0 N–H and O–H groups in total. The Morgan fingerprint density at radius 1 is 0.359 bits per heavy atom. The molecule has 11 aromatic carbocycles. The Labute approximate surface area is 369 Å². The van der Waals surface area contributed by atoms with Gasteiger partial charge in [-0.1, -0.05) is 172 Å². The van der Waals surface area contributed by atoms with Gasteiger partial charge in [-0.3, -0.25) is 0 Å². The molecule has 3 nitrogen and oxygen atoms in total. The molecule has 0 amide bonds. The van der Waals surface area contributed by atoms with Crippen LogP contribution in [0.2, 0.25) is 0 Å². The SMILES string of the molecule is CC1(C)c2ccccc2-c2ccc(N(c3cccc4c3oc3ccccc34)c3cccc4c3oc3c(-c5ccc6c7ccccc7c7ccccc7c6c5)c5ccccc5cc34)cc21. The Kier molecular flexibility index (Phi) is 7.17. The maximum atomic E-state index is 7.45. The third kappa shape index (κ3) is 4.81. The average molecular weight is 818 g/mol. The fraction of sp³-hybridized carbons (Fsp3) is 0.0492. The predicted octanol–water partition coefficient (Wildman–Crippen LogP) is 17.5. The first-order chi connectivity index (χ1) is 31.5. The molecule has 0 atom stereocenters. The molecular formula is C61H39NO2. The highest BCUT2D eigenvalue weighted by molar-refractivity contribution is 6.27. The van der Waals surface area contributed by atoms with Gasteiger partial charge < -0.3 is 13.7 Å². The van der Waals surface area contributed by atoms with Crippen LogP contribution in [-0.2, 0) is 5.41 Å². The fourth-order valence-electron chi connectivity index (χ4n) is 11.3. The smallest absolute Gasteiger partial charge is 0.159 e. The zero-order valence-electron chi connectivity index (χ0n) is 35.3. The van der Waals surface area contributed by atoms with Crippen LogP contribution in [-0.4, -0.2) is 0 Å². The molecule has 1 aliphatic rings. The minimum atomic E-state index is -0.184. The molecule has 14 rings (SSSR count). The number of furan rings is 2. The molecule has 0 aliphatic heterocycles. The standard InChI is InChI=1S/C61H39NO2/c1-61(2)52-25-11-9-21-45(52)46-32-30-38(35-53(46)61)62(54-26-13-23-48-47-22-10-12-28-56(47)63-58(48)54)55-27-14-24-49-51-33-36-15-3-4-16-39(36)57(60(51)64-59(49)55)37-29-31-44-42-19-6-5-17-40(42)41-18-7-8-20-43(41)50(44)34-37/h3-35H,1-2H3. The lowest BCUT2D eigenvalue weighted by Gasteiger charge is -2.28. The van der Waals surface area contributed by atoms with Gasteiger partial charge >= 0.3 is 0 Å². The molecule has 0 fully saturated rings. The van der Waals surface area contributed by atoms with E-state index >= 15 is 0 Å². The van der Waals surface area contributed by atoms with Gasteiger partial charge in [0.1, 0.15) is 11.2 Å². The Morgan fingerprint density at radius 3 is 1.67 bits per heavy atom. The van der Waals surface area contributed by atoms with Gasteiger partial charge in [0.15, 0.2) is 11.2 Å². The molecular weight excluding hydrogens is 779 g/mol. The molecule has 13 aromatic rings. The molecule has 0 spiro atoms. The molecule has 0 radical (unpaired) electrons. The van der Waals surface area contributed by atoms with Crippen molar-refractivity contribution in [2.75, 3.05) is 4.90 Å². The zero-order chi connectivity index (χ0) is 42.3. The molecule has 2 heterocycles. The van der Waals surface area contributed by atoms with Gasteiger partial charge in [0.25, 0.3) is 0 Å². The monoisotopic (exact) mass is 817 g/mol. The molecule has 300 valence electrons. The molecule has 2 aromatic heterocycles. The van der Waals surface area contributed by atoms with Crippen LogP contribution in [0.25, 0.3) is 109 Å². The summed E-state index contributed by atoms with van der Waals surface area (Å²) in [4.78, 5) is 2.36. The first-order valence-electron chi connectivity index (χ1n) is 22.2. The first-order valence-corrected chi connectivity index (χ1v) is 22.2. The lowest BCUT2D eigenvalue weighted by molar-refractivity contribution is 0.660. The van der Waals surface area contributed by atoms with E-state index in [1.54, 1.807) is 0 Å². The zero-order valence-corrected chi connectivity index (χ0v) is 35.3. The Hall–Kier alpha value is -8.14. The van der Waals surface area contributed by atoms with Gasteiger partial charge in [-0.25, -0.2) is 0 Å². The first kappa shape index (κ1) is 35.5. The van der Waals surface area contributed by atoms with Crippen molar-refractivity contribution in [1.82, 2.24) is 0 Å². The summed E-state index contributed by atoms with van der Waals surface area (Å²) >= 11 is 0. The summed E-state index contributed by atoms with van der Waals surface area (Å²) in [5.41, 5.74) is 13.6. The van der Waals surface area contributed by atoms with E-state index in [9.17, 15) is 0 Å². The van der Waals surface area contributed by atoms with E-state index < -0.39 is 0 Å². The van der Waals surface area contributed by atoms with Crippen LogP contribution < -0.4 is 4.90 Å². The van der Waals surface area contributed by atoms with E-state index in [0.717, 1.165) is 77.5 Å². The normalized spacial score (nSPS) is 13.3. The van der Waals surface area contributed by atoms with Crippen LogP contribution in [0.5, 0.6) is 0 Å². The molecule has 0 bridgehead atoms. The van der Waals surface area contributed by atoms with E-state index in [2.05, 4.69) is 213 Å². The summed E-state index contributed by atoms with van der Waals surface area (Å²) in [7, 11) is 0. The highest BCUT2D eigenvalue weighted by atomic mass is 16.3. The van der Waals surface area contributed by atoms with Crippen LogP contribution in [0.1, 0.15) is 25.0 Å². The van der Waals surface area contributed by atoms with E-state index in [1.807, 2.05) is 6.07 Å². The fourth-order valence-corrected chi connectivity index (χ4v) is 11.3. The third-order valence-corrected chi connectivity index (χ3v) is 14.2. The van der Waals surface area contributed by atoms with Gasteiger partial charge in [0, 0.05) is 38.2 Å². The molecule has 0 saturated carbocycles. The van der Waals surface area contributed by atoms with Gasteiger partial charge in [-0.2, -0.15) is 0 Å². The number of fused-ring (bicyclic) bond motifs is 16. The predicted molar refractivity (Wildman–Crippen MR) is 269 cm³/mol. The van der Waals surface area contributed by atoms with Crippen LogP contribution in [0, 0.1) is 0 Å². The van der Waals surface area contributed by atoms with Crippen molar-refractivity contribution in [3.63, 3.8) is 0 Å². The van der Waals surface area contributed by atoms with Crippen molar-refractivity contribution in [3.8, 4) is 22.3 Å². The molecule has 3 heteroatoms.